The zero-order valence-electron chi connectivity index (χ0n) is 12.3. The lowest BCUT2D eigenvalue weighted by Crippen LogP contribution is -2.28. The summed E-state index contributed by atoms with van der Waals surface area (Å²) in [5, 5.41) is 3.57. The van der Waals surface area contributed by atoms with Crippen molar-refractivity contribution < 1.29 is 0 Å². The highest BCUT2D eigenvalue weighted by Gasteiger charge is 2.15. The highest BCUT2D eigenvalue weighted by Crippen LogP contribution is 2.23. The van der Waals surface area contributed by atoms with E-state index in [1.807, 2.05) is 0 Å². The summed E-state index contributed by atoms with van der Waals surface area (Å²) in [6.07, 6.45) is 4.08. The Morgan fingerprint density at radius 3 is 1.81 bits per heavy atom. The van der Waals surface area contributed by atoms with Gasteiger partial charge < -0.3 is 5.32 Å². The Labute approximate surface area is 103 Å². The Kier molecular flexibility index (Phi) is 9.02. The second-order valence-electron chi connectivity index (χ2n) is 5.92. The standard InChI is InChI=1S/C15H33N/c1-7-15(8-2)9-13(5)14(6)11-16-10-12(3)4/h12-16H,7-11H2,1-6H3. The van der Waals surface area contributed by atoms with E-state index in [0.717, 1.165) is 30.2 Å². The van der Waals surface area contributed by atoms with Crippen molar-refractivity contribution in [1.82, 2.24) is 5.32 Å². The molecule has 2 unspecified atom stereocenters. The van der Waals surface area contributed by atoms with Crippen LogP contribution in [0.15, 0.2) is 0 Å². The summed E-state index contributed by atoms with van der Waals surface area (Å²) in [5.74, 6) is 3.35. The van der Waals surface area contributed by atoms with Gasteiger partial charge in [0.05, 0.1) is 0 Å². The Balaban J connectivity index is 3.75. The lowest BCUT2D eigenvalue weighted by Gasteiger charge is -2.24. The van der Waals surface area contributed by atoms with Crippen LogP contribution in [0.2, 0.25) is 0 Å². The molecule has 98 valence electrons. The molecule has 2 atom stereocenters. The summed E-state index contributed by atoms with van der Waals surface area (Å²) in [6, 6.07) is 0. The van der Waals surface area contributed by atoms with Crippen LogP contribution in [-0.4, -0.2) is 13.1 Å². The first-order chi connectivity index (χ1) is 7.51. The third kappa shape index (κ3) is 7.27. The molecule has 0 aliphatic carbocycles. The van der Waals surface area contributed by atoms with Crippen LogP contribution in [-0.2, 0) is 0 Å². The van der Waals surface area contributed by atoms with Gasteiger partial charge in [-0.05, 0) is 43.2 Å². The lowest BCUT2D eigenvalue weighted by atomic mass is 9.84. The molecule has 0 heterocycles. The normalized spacial score (nSPS) is 15.8. The van der Waals surface area contributed by atoms with Crippen LogP contribution in [0.3, 0.4) is 0 Å². The maximum Gasteiger partial charge on any atom is -0.00205 e. The quantitative estimate of drug-likeness (QED) is 0.618. The molecule has 0 saturated heterocycles. The number of hydrogen-bond donors (Lipinski definition) is 1. The molecule has 0 aliphatic heterocycles. The van der Waals surface area contributed by atoms with Crippen LogP contribution in [0.1, 0.15) is 60.8 Å². The van der Waals surface area contributed by atoms with Crippen LogP contribution in [0, 0.1) is 23.7 Å². The van der Waals surface area contributed by atoms with Crippen molar-refractivity contribution in [3.63, 3.8) is 0 Å². The molecule has 0 fully saturated rings. The van der Waals surface area contributed by atoms with Crippen molar-refractivity contribution in [3.8, 4) is 0 Å². The van der Waals surface area contributed by atoms with Gasteiger partial charge in [-0.15, -0.1) is 0 Å². The van der Waals surface area contributed by atoms with Crippen molar-refractivity contribution in [3.05, 3.63) is 0 Å². The average molecular weight is 227 g/mol. The topological polar surface area (TPSA) is 12.0 Å². The van der Waals surface area contributed by atoms with Crippen molar-refractivity contribution >= 4 is 0 Å². The summed E-state index contributed by atoms with van der Waals surface area (Å²) in [6.45, 7) is 16.3. The summed E-state index contributed by atoms with van der Waals surface area (Å²) >= 11 is 0. The molecule has 0 aromatic heterocycles. The van der Waals surface area contributed by atoms with Gasteiger partial charge in [-0.2, -0.15) is 0 Å². The predicted molar refractivity (Wildman–Crippen MR) is 74.7 cm³/mol. The van der Waals surface area contributed by atoms with Gasteiger partial charge in [0.25, 0.3) is 0 Å². The fraction of sp³-hybridized carbons (Fsp3) is 1.00. The molecular formula is C15H33N. The van der Waals surface area contributed by atoms with Crippen LogP contribution in [0.5, 0.6) is 0 Å². The van der Waals surface area contributed by atoms with E-state index in [4.69, 9.17) is 0 Å². The van der Waals surface area contributed by atoms with Crippen molar-refractivity contribution in [2.24, 2.45) is 23.7 Å². The second kappa shape index (κ2) is 9.04. The van der Waals surface area contributed by atoms with Crippen molar-refractivity contribution in [1.29, 1.82) is 0 Å². The van der Waals surface area contributed by atoms with E-state index in [1.165, 1.54) is 25.8 Å². The molecule has 0 aromatic carbocycles. The Hall–Kier alpha value is -0.0400. The van der Waals surface area contributed by atoms with E-state index in [0.29, 0.717) is 0 Å². The fourth-order valence-electron chi connectivity index (χ4n) is 2.18. The first kappa shape index (κ1) is 16.0. The minimum absolute atomic E-state index is 0.765. The van der Waals surface area contributed by atoms with Crippen molar-refractivity contribution in [2.45, 2.75) is 60.8 Å². The summed E-state index contributed by atoms with van der Waals surface area (Å²) in [5.41, 5.74) is 0. The molecule has 0 rings (SSSR count). The third-order valence-corrected chi connectivity index (χ3v) is 3.85. The minimum Gasteiger partial charge on any atom is -0.316 e. The van der Waals surface area contributed by atoms with Crippen molar-refractivity contribution in [2.75, 3.05) is 13.1 Å². The van der Waals surface area contributed by atoms with Gasteiger partial charge in [0.2, 0.25) is 0 Å². The Morgan fingerprint density at radius 2 is 1.38 bits per heavy atom. The second-order valence-corrected chi connectivity index (χ2v) is 5.92. The first-order valence-corrected chi connectivity index (χ1v) is 7.21. The maximum atomic E-state index is 3.57. The largest absolute Gasteiger partial charge is 0.316 e. The highest BCUT2D eigenvalue weighted by molar-refractivity contribution is 4.68. The summed E-state index contributed by atoms with van der Waals surface area (Å²) in [4.78, 5) is 0. The van der Waals surface area contributed by atoms with E-state index in [2.05, 4.69) is 46.9 Å². The van der Waals surface area contributed by atoms with Gasteiger partial charge in [0, 0.05) is 0 Å². The molecule has 16 heavy (non-hydrogen) atoms. The summed E-state index contributed by atoms with van der Waals surface area (Å²) < 4.78 is 0. The van der Waals surface area contributed by atoms with E-state index in [9.17, 15) is 0 Å². The van der Waals surface area contributed by atoms with E-state index in [-0.39, 0.29) is 0 Å². The van der Waals surface area contributed by atoms with E-state index < -0.39 is 0 Å². The van der Waals surface area contributed by atoms with Crippen LogP contribution < -0.4 is 5.32 Å². The Bertz CT molecular complexity index is 150. The molecule has 0 aromatic rings. The third-order valence-electron chi connectivity index (χ3n) is 3.85. The van der Waals surface area contributed by atoms with Crippen LogP contribution >= 0.6 is 0 Å². The van der Waals surface area contributed by atoms with Gasteiger partial charge in [0.15, 0.2) is 0 Å². The molecule has 1 heteroatoms. The molecule has 1 N–H and O–H groups in total. The molecule has 0 saturated carbocycles. The smallest absolute Gasteiger partial charge is 0.00205 e. The molecule has 0 aliphatic rings. The first-order valence-electron chi connectivity index (χ1n) is 7.21. The minimum atomic E-state index is 0.765. The fourth-order valence-corrected chi connectivity index (χ4v) is 2.18. The van der Waals surface area contributed by atoms with Crippen LogP contribution in [0.4, 0.5) is 0 Å². The van der Waals surface area contributed by atoms with Gasteiger partial charge in [-0.3, -0.25) is 0 Å². The Morgan fingerprint density at radius 1 is 0.812 bits per heavy atom. The summed E-state index contributed by atoms with van der Waals surface area (Å²) in [7, 11) is 0. The molecule has 1 nitrogen and oxygen atoms in total. The molecule has 0 bridgehead atoms. The van der Waals surface area contributed by atoms with Gasteiger partial charge in [-0.25, -0.2) is 0 Å². The van der Waals surface area contributed by atoms with Gasteiger partial charge >= 0.3 is 0 Å². The SMILES string of the molecule is CCC(CC)CC(C)C(C)CNCC(C)C. The van der Waals surface area contributed by atoms with E-state index >= 15 is 0 Å². The zero-order chi connectivity index (χ0) is 12.6. The van der Waals surface area contributed by atoms with E-state index in [1.54, 1.807) is 0 Å². The molecule has 0 radical (unpaired) electrons. The van der Waals surface area contributed by atoms with Gasteiger partial charge in [-0.1, -0.05) is 54.4 Å². The number of rotatable bonds is 9. The molecule has 0 spiro atoms. The molecule has 0 amide bonds. The van der Waals surface area contributed by atoms with Gasteiger partial charge in [0.1, 0.15) is 0 Å². The molecular weight excluding hydrogens is 194 g/mol. The number of nitrogens with one attached hydrogen (secondary N) is 1. The highest BCUT2D eigenvalue weighted by atomic mass is 14.9. The lowest BCUT2D eigenvalue weighted by molar-refractivity contribution is 0.282. The zero-order valence-corrected chi connectivity index (χ0v) is 12.3. The average Bonchev–Trinajstić information content (AvgIpc) is 2.24. The monoisotopic (exact) mass is 227 g/mol. The predicted octanol–water partition coefficient (Wildman–Crippen LogP) is 4.33. The number of hydrogen-bond acceptors (Lipinski definition) is 1. The van der Waals surface area contributed by atoms with Crippen LogP contribution in [0.25, 0.3) is 0 Å². The maximum absolute atomic E-state index is 3.57.